The van der Waals surface area contributed by atoms with Crippen LogP contribution in [0.3, 0.4) is 0 Å². The third-order valence-corrected chi connectivity index (χ3v) is 5.59. The number of nitrogens with zero attached hydrogens (tertiary/aromatic N) is 3. The fourth-order valence-electron chi connectivity index (χ4n) is 3.62. The Morgan fingerprint density at radius 3 is 2.63 bits per heavy atom. The van der Waals surface area contributed by atoms with Gasteiger partial charge in [0, 0.05) is 22.8 Å². The van der Waals surface area contributed by atoms with Gasteiger partial charge in [0.25, 0.3) is 5.89 Å². The number of thiocarbonyl (C=S) groups is 1. The summed E-state index contributed by atoms with van der Waals surface area (Å²) in [6, 6.07) is 17.3. The second kappa shape index (κ2) is 8.58. The molecule has 0 radical (unpaired) electrons. The quantitative estimate of drug-likeness (QED) is 0.515. The molecule has 1 aliphatic rings. The molecule has 0 spiro atoms. The first-order chi connectivity index (χ1) is 14.4. The van der Waals surface area contributed by atoms with Gasteiger partial charge in [0.2, 0.25) is 5.82 Å². The lowest BCUT2D eigenvalue weighted by atomic mass is 9.94. The summed E-state index contributed by atoms with van der Waals surface area (Å²) in [4.78, 5) is 6.81. The van der Waals surface area contributed by atoms with Crippen LogP contribution < -0.4 is 5.32 Å². The van der Waals surface area contributed by atoms with Crippen LogP contribution >= 0.6 is 23.8 Å². The highest BCUT2D eigenvalue weighted by atomic mass is 35.5. The Balaban J connectivity index is 1.83. The summed E-state index contributed by atoms with van der Waals surface area (Å²) in [7, 11) is 0. The van der Waals surface area contributed by atoms with Gasteiger partial charge in [-0.15, -0.1) is 0 Å². The Bertz CT molecular complexity index is 1090. The molecule has 0 fully saturated rings. The van der Waals surface area contributed by atoms with Crippen LogP contribution in [0.5, 0.6) is 0 Å². The number of rotatable bonds is 5. The smallest absolute Gasteiger partial charge is 0.258 e. The van der Waals surface area contributed by atoms with Gasteiger partial charge in [-0.3, -0.25) is 0 Å². The second-order valence-corrected chi connectivity index (χ2v) is 8.55. The minimum Gasteiger partial charge on any atom is -0.351 e. The average molecular weight is 439 g/mol. The van der Waals surface area contributed by atoms with E-state index in [1.165, 1.54) is 0 Å². The molecule has 7 heteroatoms. The highest BCUT2D eigenvalue weighted by molar-refractivity contribution is 7.80. The van der Waals surface area contributed by atoms with Crippen molar-refractivity contribution in [3.63, 3.8) is 0 Å². The molecule has 1 N–H and O–H groups in total. The normalized spacial score (nSPS) is 16.9. The van der Waals surface area contributed by atoms with Gasteiger partial charge in [-0.1, -0.05) is 73.1 Å². The monoisotopic (exact) mass is 438 g/mol. The maximum Gasteiger partial charge on any atom is 0.258 e. The van der Waals surface area contributed by atoms with Crippen LogP contribution in [0, 0.1) is 5.92 Å². The van der Waals surface area contributed by atoms with Crippen molar-refractivity contribution in [3.05, 3.63) is 76.8 Å². The first-order valence-electron chi connectivity index (χ1n) is 9.88. The van der Waals surface area contributed by atoms with Crippen molar-refractivity contribution in [3.8, 4) is 11.4 Å². The molecule has 1 aliphatic heterocycles. The Labute approximate surface area is 186 Å². The van der Waals surface area contributed by atoms with E-state index in [1.54, 1.807) is 0 Å². The number of aromatic nitrogens is 2. The SMILES string of the molecule is CC1=C(c2nc(-c3ccccc3)no2)C(c2cccc(Cl)c2)NC(=S)N1CC(C)C. The summed E-state index contributed by atoms with van der Waals surface area (Å²) < 4.78 is 5.74. The number of nitrogens with one attached hydrogen (secondary N) is 1. The molecule has 1 atom stereocenters. The minimum atomic E-state index is -0.233. The predicted octanol–water partition coefficient (Wildman–Crippen LogP) is 5.71. The Hall–Kier alpha value is -2.70. The van der Waals surface area contributed by atoms with Crippen LogP contribution in [0.1, 0.15) is 38.3 Å². The van der Waals surface area contributed by atoms with E-state index in [0.29, 0.717) is 27.8 Å². The van der Waals surface area contributed by atoms with Crippen LogP contribution in [-0.2, 0) is 0 Å². The van der Waals surface area contributed by atoms with Crippen molar-refractivity contribution in [2.75, 3.05) is 6.54 Å². The lowest BCUT2D eigenvalue weighted by molar-refractivity contribution is 0.386. The molecular weight excluding hydrogens is 416 g/mol. The molecule has 2 aromatic carbocycles. The zero-order valence-electron chi connectivity index (χ0n) is 17.1. The van der Waals surface area contributed by atoms with Crippen molar-refractivity contribution in [1.29, 1.82) is 0 Å². The van der Waals surface area contributed by atoms with E-state index in [-0.39, 0.29) is 6.04 Å². The third-order valence-electron chi connectivity index (χ3n) is 5.01. The summed E-state index contributed by atoms with van der Waals surface area (Å²) in [6.07, 6.45) is 0. The van der Waals surface area contributed by atoms with Crippen molar-refractivity contribution < 1.29 is 4.52 Å². The maximum absolute atomic E-state index is 6.27. The number of halogens is 1. The molecule has 1 aromatic heterocycles. The van der Waals surface area contributed by atoms with Crippen LogP contribution in [0.4, 0.5) is 0 Å². The van der Waals surface area contributed by atoms with Crippen molar-refractivity contribution in [2.45, 2.75) is 26.8 Å². The van der Waals surface area contributed by atoms with Crippen molar-refractivity contribution in [1.82, 2.24) is 20.4 Å². The largest absolute Gasteiger partial charge is 0.351 e. The highest BCUT2D eigenvalue weighted by Gasteiger charge is 2.34. The molecule has 5 nitrogen and oxygen atoms in total. The number of benzene rings is 2. The molecule has 4 rings (SSSR count). The molecule has 1 unspecified atom stereocenters. The van der Waals surface area contributed by atoms with E-state index in [2.05, 4.69) is 36.1 Å². The summed E-state index contributed by atoms with van der Waals surface area (Å²) >= 11 is 12.0. The second-order valence-electron chi connectivity index (χ2n) is 7.73. The predicted molar refractivity (Wildman–Crippen MR) is 124 cm³/mol. The number of hydrogen-bond donors (Lipinski definition) is 1. The first kappa shape index (κ1) is 20.6. The van der Waals surface area contributed by atoms with Crippen LogP contribution in [-0.4, -0.2) is 26.7 Å². The van der Waals surface area contributed by atoms with E-state index in [4.69, 9.17) is 33.3 Å². The van der Waals surface area contributed by atoms with Crippen LogP contribution in [0.25, 0.3) is 17.0 Å². The van der Waals surface area contributed by atoms with E-state index in [9.17, 15) is 0 Å². The molecular formula is C23H23ClN4OS. The topological polar surface area (TPSA) is 54.2 Å². The lowest BCUT2D eigenvalue weighted by Crippen LogP contribution is -2.47. The summed E-state index contributed by atoms with van der Waals surface area (Å²) in [5.41, 5.74) is 3.80. The van der Waals surface area contributed by atoms with Crippen molar-refractivity contribution >= 4 is 34.5 Å². The standard InChI is InChI=1S/C23H23ClN4OS/c1-14(2)13-28-15(3)19(20(25-23(28)30)17-10-7-11-18(24)12-17)22-26-21(27-29-22)16-8-5-4-6-9-16/h4-12,14,20H,13H2,1-3H3,(H,25,30). The molecule has 154 valence electrons. The van der Waals surface area contributed by atoms with Crippen molar-refractivity contribution in [2.24, 2.45) is 5.92 Å². The van der Waals surface area contributed by atoms with Gasteiger partial charge in [0.1, 0.15) is 0 Å². The van der Waals surface area contributed by atoms with Gasteiger partial charge in [0.05, 0.1) is 11.6 Å². The fraction of sp³-hybridized carbons (Fsp3) is 0.261. The third kappa shape index (κ3) is 4.11. The van der Waals surface area contributed by atoms with E-state index >= 15 is 0 Å². The fourth-order valence-corrected chi connectivity index (χ4v) is 4.14. The summed E-state index contributed by atoms with van der Waals surface area (Å²) in [5.74, 6) is 1.46. The molecule has 0 saturated heterocycles. The average Bonchev–Trinajstić information content (AvgIpc) is 3.21. The number of hydrogen-bond acceptors (Lipinski definition) is 4. The van der Waals surface area contributed by atoms with E-state index in [1.807, 2.05) is 54.6 Å². The van der Waals surface area contributed by atoms with Gasteiger partial charge in [0.15, 0.2) is 5.11 Å². The van der Waals surface area contributed by atoms with Gasteiger partial charge in [-0.05, 0) is 42.8 Å². The Kier molecular flexibility index (Phi) is 5.88. The highest BCUT2D eigenvalue weighted by Crippen LogP contribution is 2.38. The lowest BCUT2D eigenvalue weighted by Gasteiger charge is -2.38. The maximum atomic E-state index is 6.27. The molecule has 0 amide bonds. The van der Waals surface area contributed by atoms with E-state index in [0.717, 1.165) is 28.9 Å². The van der Waals surface area contributed by atoms with Gasteiger partial charge in [-0.2, -0.15) is 4.98 Å². The zero-order valence-corrected chi connectivity index (χ0v) is 18.7. The van der Waals surface area contributed by atoms with Gasteiger partial charge < -0.3 is 14.7 Å². The van der Waals surface area contributed by atoms with E-state index < -0.39 is 0 Å². The molecule has 3 aromatic rings. The number of allylic oxidation sites excluding steroid dienone is 1. The Morgan fingerprint density at radius 2 is 1.93 bits per heavy atom. The van der Waals surface area contributed by atoms with Gasteiger partial charge >= 0.3 is 0 Å². The van der Waals surface area contributed by atoms with Gasteiger partial charge in [-0.25, -0.2) is 0 Å². The summed E-state index contributed by atoms with van der Waals surface area (Å²) in [5, 5.41) is 9.02. The molecule has 2 heterocycles. The Morgan fingerprint density at radius 1 is 1.17 bits per heavy atom. The zero-order chi connectivity index (χ0) is 21.3. The molecule has 0 bridgehead atoms. The molecule has 30 heavy (non-hydrogen) atoms. The molecule has 0 saturated carbocycles. The minimum absolute atomic E-state index is 0.233. The summed E-state index contributed by atoms with van der Waals surface area (Å²) in [6.45, 7) is 7.18. The molecule has 0 aliphatic carbocycles. The van der Waals surface area contributed by atoms with Crippen LogP contribution in [0.2, 0.25) is 5.02 Å². The van der Waals surface area contributed by atoms with Crippen LogP contribution in [0.15, 0.2) is 64.8 Å². The first-order valence-corrected chi connectivity index (χ1v) is 10.7.